The minimum absolute atomic E-state index is 0.182. The maximum absolute atomic E-state index is 11.6. The standard InChI is InChI=1S/C12H24N2O4S/c1-12(2,7-8-17-11(16)14-13)18-10(15)6-4-3-5-9-19/h19H,3-9,13H2,1-2H3,(H,14,16)/p+1. The van der Waals surface area contributed by atoms with Gasteiger partial charge in [-0.15, -0.1) is 0 Å². The second-order valence-corrected chi connectivity index (χ2v) is 5.28. The summed E-state index contributed by atoms with van der Waals surface area (Å²) in [4.78, 5) is 22.4. The van der Waals surface area contributed by atoms with Crippen LogP contribution < -0.4 is 11.3 Å². The Morgan fingerprint density at radius 2 is 1.95 bits per heavy atom. The van der Waals surface area contributed by atoms with E-state index in [1.165, 1.54) is 0 Å². The Morgan fingerprint density at radius 1 is 1.26 bits per heavy atom. The molecule has 6 nitrogen and oxygen atoms in total. The van der Waals surface area contributed by atoms with Crippen LogP contribution in [0.5, 0.6) is 0 Å². The fourth-order valence-electron chi connectivity index (χ4n) is 1.41. The van der Waals surface area contributed by atoms with E-state index in [4.69, 9.17) is 9.47 Å². The van der Waals surface area contributed by atoms with Crippen molar-refractivity contribution in [3.63, 3.8) is 0 Å². The van der Waals surface area contributed by atoms with Crippen molar-refractivity contribution in [3.05, 3.63) is 0 Å². The third-order valence-corrected chi connectivity index (χ3v) is 2.83. The van der Waals surface area contributed by atoms with Crippen LogP contribution in [0.1, 0.15) is 46.0 Å². The highest BCUT2D eigenvalue weighted by atomic mass is 32.1. The van der Waals surface area contributed by atoms with Crippen molar-refractivity contribution >= 4 is 24.7 Å². The van der Waals surface area contributed by atoms with E-state index in [9.17, 15) is 9.59 Å². The number of rotatable bonds is 9. The smallest absolute Gasteiger partial charge is 0.451 e. The van der Waals surface area contributed by atoms with E-state index in [1.807, 2.05) is 0 Å². The predicted molar refractivity (Wildman–Crippen MR) is 74.5 cm³/mol. The van der Waals surface area contributed by atoms with Gasteiger partial charge in [0.15, 0.2) is 0 Å². The molecule has 0 aromatic carbocycles. The van der Waals surface area contributed by atoms with Gasteiger partial charge in [-0.2, -0.15) is 18.1 Å². The van der Waals surface area contributed by atoms with E-state index in [2.05, 4.69) is 23.9 Å². The quantitative estimate of drug-likeness (QED) is 0.257. The summed E-state index contributed by atoms with van der Waals surface area (Å²) in [5, 5.41) is 0. The van der Waals surface area contributed by atoms with Crippen LogP contribution in [0.3, 0.4) is 0 Å². The van der Waals surface area contributed by atoms with Crippen LogP contribution >= 0.6 is 12.6 Å². The molecule has 0 bridgehead atoms. The molecule has 7 heteroatoms. The second kappa shape index (κ2) is 9.91. The number of ether oxygens (including phenoxy) is 2. The van der Waals surface area contributed by atoms with Gasteiger partial charge in [0, 0.05) is 12.8 Å². The molecule has 0 heterocycles. The highest BCUT2D eigenvalue weighted by Gasteiger charge is 2.23. The Kier molecular flexibility index (Phi) is 9.42. The molecule has 0 saturated carbocycles. The third-order valence-electron chi connectivity index (χ3n) is 2.51. The zero-order valence-electron chi connectivity index (χ0n) is 11.7. The molecule has 0 spiro atoms. The molecule has 0 saturated heterocycles. The van der Waals surface area contributed by atoms with Gasteiger partial charge in [-0.1, -0.05) is 6.42 Å². The summed E-state index contributed by atoms with van der Waals surface area (Å²) in [7, 11) is 0. The normalized spacial score (nSPS) is 10.9. The molecular formula is C12H25N2O4S+. The van der Waals surface area contributed by atoms with Gasteiger partial charge in [0.25, 0.3) is 0 Å². The van der Waals surface area contributed by atoms with Crippen molar-refractivity contribution in [2.75, 3.05) is 12.4 Å². The van der Waals surface area contributed by atoms with Crippen LogP contribution in [0.2, 0.25) is 0 Å². The molecule has 0 aromatic rings. The molecule has 0 fully saturated rings. The molecule has 0 aliphatic heterocycles. The molecule has 0 rings (SSSR count). The van der Waals surface area contributed by atoms with E-state index in [1.54, 1.807) is 13.8 Å². The first-order valence-electron chi connectivity index (χ1n) is 6.44. The highest BCUT2D eigenvalue weighted by Crippen LogP contribution is 2.16. The number of hydrogen-bond acceptors (Lipinski definition) is 5. The average molecular weight is 293 g/mol. The Morgan fingerprint density at radius 3 is 2.53 bits per heavy atom. The van der Waals surface area contributed by atoms with Gasteiger partial charge < -0.3 is 9.47 Å². The summed E-state index contributed by atoms with van der Waals surface area (Å²) in [6.07, 6.45) is 3.07. The molecule has 19 heavy (non-hydrogen) atoms. The first kappa shape index (κ1) is 18.0. The summed E-state index contributed by atoms with van der Waals surface area (Å²) in [5.41, 5.74) is 1.47. The van der Waals surface area contributed by atoms with Gasteiger partial charge >= 0.3 is 12.1 Å². The topological polar surface area (TPSA) is 92.3 Å². The lowest BCUT2D eigenvalue weighted by Crippen LogP contribution is -2.67. The zero-order valence-corrected chi connectivity index (χ0v) is 12.6. The average Bonchev–Trinajstić information content (AvgIpc) is 2.33. The number of hydrogen-bond donors (Lipinski definition) is 3. The lowest BCUT2D eigenvalue weighted by Gasteiger charge is -2.24. The summed E-state index contributed by atoms with van der Waals surface area (Å²) in [6, 6.07) is 0. The second-order valence-electron chi connectivity index (χ2n) is 4.83. The Labute approximate surface area is 119 Å². The number of unbranched alkanes of at least 4 members (excludes halogenated alkanes) is 2. The number of carbonyl (C=O) groups is 2. The van der Waals surface area contributed by atoms with E-state index < -0.39 is 11.7 Å². The number of quaternary nitrogens is 1. The summed E-state index contributed by atoms with van der Waals surface area (Å²) >= 11 is 4.11. The number of amides is 1. The molecule has 1 amide bonds. The van der Waals surface area contributed by atoms with Gasteiger partial charge in [-0.3, -0.25) is 10.6 Å². The maximum atomic E-state index is 11.6. The fourth-order valence-corrected chi connectivity index (χ4v) is 1.63. The van der Waals surface area contributed by atoms with Crippen LogP contribution in [0.15, 0.2) is 0 Å². The van der Waals surface area contributed by atoms with Gasteiger partial charge in [0.2, 0.25) is 0 Å². The van der Waals surface area contributed by atoms with Crippen LogP contribution in [0, 0.1) is 0 Å². The van der Waals surface area contributed by atoms with Crippen LogP contribution in [-0.4, -0.2) is 30.0 Å². The van der Waals surface area contributed by atoms with Crippen molar-refractivity contribution in [1.82, 2.24) is 5.43 Å². The summed E-state index contributed by atoms with van der Waals surface area (Å²) < 4.78 is 10.2. The van der Waals surface area contributed by atoms with Crippen molar-refractivity contribution in [2.45, 2.75) is 51.6 Å². The van der Waals surface area contributed by atoms with Crippen molar-refractivity contribution in [2.24, 2.45) is 0 Å². The SMILES string of the molecule is CC(C)(CCOC(=O)N[NH3+])OC(=O)CCCCCS. The highest BCUT2D eigenvalue weighted by molar-refractivity contribution is 7.80. The van der Waals surface area contributed by atoms with Crippen LogP contribution in [-0.2, 0) is 14.3 Å². The zero-order chi connectivity index (χ0) is 14.7. The molecular weight excluding hydrogens is 268 g/mol. The van der Waals surface area contributed by atoms with E-state index in [0.717, 1.165) is 25.0 Å². The number of thiol groups is 1. The van der Waals surface area contributed by atoms with E-state index >= 15 is 0 Å². The molecule has 0 aliphatic rings. The Hall–Kier alpha value is -0.950. The minimum atomic E-state index is -0.637. The van der Waals surface area contributed by atoms with Gasteiger partial charge in [0.1, 0.15) is 5.60 Å². The minimum Gasteiger partial charge on any atom is -0.460 e. The number of nitrogens with one attached hydrogen (secondary N) is 1. The monoisotopic (exact) mass is 293 g/mol. The molecule has 0 radical (unpaired) electrons. The number of carbonyl (C=O) groups excluding carboxylic acids is 2. The first-order valence-corrected chi connectivity index (χ1v) is 7.07. The molecule has 0 aromatic heterocycles. The lowest BCUT2D eigenvalue weighted by molar-refractivity contribution is -0.426. The van der Waals surface area contributed by atoms with Gasteiger partial charge in [-0.25, -0.2) is 4.79 Å². The molecule has 4 N–H and O–H groups in total. The molecule has 112 valence electrons. The predicted octanol–water partition coefficient (Wildman–Crippen LogP) is 1.07. The van der Waals surface area contributed by atoms with Crippen LogP contribution in [0.25, 0.3) is 0 Å². The summed E-state index contributed by atoms with van der Waals surface area (Å²) in [5.74, 6) is 3.81. The largest absolute Gasteiger partial charge is 0.460 e. The Bertz CT molecular complexity index is 285. The van der Waals surface area contributed by atoms with Crippen molar-refractivity contribution in [3.8, 4) is 0 Å². The van der Waals surface area contributed by atoms with Gasteiger partial charge in [0.05, 0.1) is 6.61 Å². The first-order chi connectivity index (χ1) is 8.91. The summed E-state index contributed by atoms with van der Waals surface area (Å²) in [6.45, 7) is 3.77. The fraction of sp³-hybridized carbons (Fsp3) is 0.833. The van der Waals surface area contributed by atoms with Gasteiger partial charge in [-0.05, 0) is 32.4 Å². The van der Waals surface area contributed by atoms with E-state index in [0.29, 0.717) is 12.8 Å². The maximum Gasteiger partial charge on any atom is 0.451 e. The third kappa shape index (κ3) is 10.6. The lowest BCUT2D eigenvalue weighted by atomic mass is 10.1. The van der Waals surface area contributed by atoms with Crippen molar-refractivity contribution in [1.29, 1.82) is 0 Å². The molecule has 0 aliphatic carbocycles. The molecule has 0 unspecified atom stereocenters. The van der Waals surface area contributed by atoms with E-state index in [-0.39, 0.29) is 12.6 Å². The van der Waals surface area contributed by atoms with Crippen molar-refractivity contribution < 1.29 is 24.9 Å². The molecule has 0 atom stereocenters. The van der Waals surface area contributed by atoms with Crippen LogP contribution in [0.4, 0.5) is 4.79 Å². The Balaban J connectivity index is 3.80. The number of esters is 1.